The summed E-state index contributed by atoms with van der Waals surface area (Å²) in [5, 5.41) is 10.8. The zero-order chi connectivity index (χ0) is 16.8. The number of nitrogens with zero attached hydrogens (tertiary/aromatic N) is 2. The quantitative estimate of drug-likeness (QED) is 0.776. The Labute approximate surface area is 138 Å². The van der Waals surface area contributed by atoms with E-state index in [1.807, 2.05) is 6.92 Å². The first kappa shape index (κ1) is 17.1. The van der Waals surface area contributed by atoms with Gasteiger partial charge in [0.05, 0.1) is 19.5 Å². The van der Waals surface area contributed by atoms with E-state index in [-0.39, 0.29) is 11.2 Å². The van der Waals surface area contributed by atoms with Gasteiger partial charge in [0.1, 0.15) is 11.5 Å². The van der Waals surface area contributed by atoms with Gasteiger partial charge in [-0.3, -0.25) is 4.79 Å². The molecule has 1 aromatic carbocycles. The predicted octanol–water partition coefficient (Wildman–Crippen LogP) is 2.37. The van der Waals surface area contributed by atoms with E-state index in [4.69, 9.17) is 13.9 Å². The number of carbonyl (C=O) groups excluding carboxylic acids is 1. The van der Waals surface area contributed by atoms with Crippen LogP contribution < -0.4 is 14.8 Å². The highest BCUT2D eigenvalue weighted by Crippen LogP contribution is 2.31. The number of hydrogen-bond acceptors (Lipinski definition) is 7. The highest BCUT2D eigenvalue weighted by Gasteiger charge is 2.18. The largest absolute Gasteiger partial charge is 0.497 e. The lowest BCUT2D eigenvalue weighted by atomic mass is 10.2. The molecule has 0 aliphatic carbocycles. The summed E-state index contributed by atoms with van der Waals surface area (Å²) in [7, 11) is 3.14. The van der Waals surface area contributed by atoms with Gasteiger partial charge in [-0.1, -0.05) is 11.8 Å². The third kappa shape index (κ3) is 4.38. The standard InChI is InChI=1S/C15H19N3O4S/c1-5-16-13(19)9(2)23-15-18-17-14(22-15)10-6-11(20-3)8-12(7-10)21-4/h6-9H,5H2,1-4H3,(H,16,19)/t9-/m1/s1. The van der Waals surface area contributed by atoms with Crippen molar-refractivity contribution in [3.63, 3.8) is 0 Å². The van der Waals surface area contributed by atoms with Crippen molar-refractivity contribution in [3.05, 3.63) is 18.2 Å². The number of rotatable bonds is 7. The number of amides is 1. The molecule has 0 fully saturated rings. The molecule has 8 heteroatoms. The molecule has 1 heterocycles. The highest BCUT2D eigenvalue weighted by atomic mass is 32.2. The Morgan fingerprint density at radius 2 is 1.91 bits per heavy atom. The molecule has 0 bridgehead atoms. The van der Waals surface area contributed by atoms with E-state index in [1.165, 1.54) is 11.8 Å². The Hall–Kier alpha value is -2.22. The van der Waals surface area contributed by atoms with Crippen LogP contribution in [-0.4, -0.2) is 42.1 Å². The van der Waals surface area contributed by atoms with E-state index in [9.17, 15) is 4.79 Å². The van der Waals surface area contributed by atoms with Gasteiger partial charge >= 0.3 is 0 Å². The minimum atomic E-state index is -0.317. The molecule has 0 saturated heterocycles. The number of aromatic nitrogens is 2. The summed E-state index contributed by atoms with van der Waals surface area (Å²) in [6.45, 7) is 4.24. The zero-order valence-corrected chi connectivity index (χ0v) is 14.3. The third-order valence-electron chi connectivity index (χ3n) is 3.00. The highest BCUT2D eigenvalue weighted by molar-refractivity contribution is 8.00. The summed E-state index contributed by atoms with van der Waals surface area (Å²) in [4.78, 5) is 11.7. The Morgan fingerprint density at radius 3 is 2.48 bits per heavy atom. The molecular formula is C15H19N3O4S. The van der Waals surface area contributed by atoms with Crippen LogP contribution >= 0.6 is 11.8 Å². The summed E-state index contributed by atoms with van der Waals surface area (Å²) < 4.78 is 16.1. The van der Waals surface area contributed by atoms with Crippen LogP contribution in [-0.2, 0) is 4.79 Å². The number of methoxy groups -OCH3 is 2. The maximum Gasteiger partial charge on any atom is 0.277 e. The molecule has 7 nitrogen and oxygen atoms in total. The minimum absolute atomic E-state index is 0.0692. The van der Waals surface area contributed by atoms with Crippen LogP contribution in [0.2, 0.25) is 0 Å². The lowest BCUT2D eigenvalue weighted by molar-refractivity contribution is -0.120. The van der Waals surface area contributed by atoms with Gasteiger partial charge in [-0.05, 0) is 26.0 Å². The fraction of sp³-hybridized carbons (Fsp3) is 0.400. The molecule has 0 aliphatic heterocycles. The van der Waals surface area contributed by atoms with Crippen molar-refractivity contribution in [2.24, 2.45) is 0 Å². The number of benzene rings is 1. The molecule has 0 unspecified atom stereocenters. The Kier molecular flexibility index (Phi) is 5.86. The average molecular weight is 337 g/mol. The summed E-state index contributed by atoms with van der Waals surface area (Å²) in [6.07, 6.45) is 0. The van der Waals surface area contributed by atoms with E-state index in [1.54, 1.807) is 39.3 Å². The Balaban J connectivity index is 2.17. The van der Waals surface area contributed by atoms with Gasteiger partial charge < -0.3 is 19.2 Å². The van der Waals surface area contributed by atoms with E-state index in [2.05, 4.69) is 15.5 Å². The number of nitrogens with one attached hydrogen (secondary N) is 1. The van der Waals surface area contributed by atoms with E-state index in [0.717, 1.165) is 0 Å². The van der Waals surface area contributed by atoms with Gasteiger partial charge in [0.25, 0.3) is 5.22 Å². The first-order chi connectivity index (χ1) is 11.1. The van der Waals surface area contributed by atoms with Crippen LogP contribution in [0.4, 0.5) is 0 Å². The summed E-state index contributed by atoms with van der Waals surface area (Å²) in [6, 6.07) is 5.31. The van der Waals surface area contributed by atoms with Crippen molar-refractivity contribution in [1.82, 2.24) is 15.5 Å². The van der Waals surface area contributed by atoms with E-state index in [0.29, 0.717) is 34.7 Å². The number of ether oxygens (including phenoxy) is 2. The van der Waals surface area contributed by atoms with Gasteiger partial charge in [0, 0.05) is 18.2 Å². The first-order valence-electron chi connectivity index (χ1n) is 7.08. The van der Waals surface area contributed by atoms with Crippen molar-refractivity contribution in [1.29, 1.82) is 0 Å². The zero-order valence-electron chi connectivity index (χ0n) is 13.5. The van der Waals surface area contributed by atoms with Crippen LogP contribution in [0.3, 0.4) is 0 Å². The maximum absolute atomic E-state index is 11.7. The third-order valence-corrected chi connectivity index (χ3v) is 3.94. The van der Waals surface area contributed by atoms with Crippen LogP contribution in [0.25, 0.3) is 11.5 Å². The van der Waals surface area contributed by atoms with Crippen molar-refractivity contribution in [2.75, 3.05) is 20.8 Å². The molecular weight excluding hydrogens is 318 g/mol. The summed E-state index contributed by atoms with van der Waals surface area (Å²) in [5.74, 6) is 1.53. The minimum Gasteiger partial charge on any atom is -0.497 e. The van der Waals surface area contributed by atoms with Gasteiger partial charge in [-0.25, -0.2) is 0 Å². The lowest BCUT2D eigenvalue weighted by Crippen LogP contribution is -2.30. The maximum atomic E-state index is 11.7. The second-order valence-corrected chi connectivity index (χ2v) is 5.92. The SMILES string of the molecule is CCNC(=O)[C@@H](C)Sc1nnc(-c2cc(OC)cc(OC)c2)o1. The smallest absolute Gasteiger partial charge is 0.277 e. The second-order valence-electron chi connectivity index (χ2n) is 4.63. The van der Waals surface area contributed by atoms with Crippen molar-refractivity contribution in [2.45, 2.75) is 24.3 Å². The predicted molar refractivity (Wildman–Crippen MR) is 86.8 cm³/mol. The first-order valence-corrected chi connectivity index (χ1v) is 7.96. The second kappa shape index (κ2) is 7.87. The number of carbonyl (C=O) groups is 1. The number of thioether (sulfide) groups is 1. The average Bonchev–Trinajstić information content (AvgIpc) is 3.03. The topological polar surface area (TPSA) is 86.5 Å². The van der Waals surface area contributed by atoms with Crippen molar-refractivity contribution in [3.8, 4) is 23.0 Å². The summed E-state index contributed by atoms with van der Waals surface area (Å²) >= 11 is 1.21. The molecule has 23 heavy (non-hydrogen) atoms. The monoisotopic (exact) mass is 337 g/mol. The van der Waals surface area contributed by atoms with E-state index >= 15 is 0 Å². The van der Waals surface area contributed by atoms with Crippen LogP contribution in [0.1, 0.15) is 13.8 Å². The molecule has 1 atom stereocenters. The van der Waals surface area contributed by atoms with Crippen LogP contribution in [0, 0.1) is 0 Å². The van der Waals surface area contributed by atoms with E-state index < -0.39 is 0 Å². The molecule has 1 aromatic heterocycles. The fourth-order valence-electron chi connectivity index (χ4n) is 1.83. The fourth-order valence-corrected chi connectivity index (χ4v) is 2.54. The molecule has 0 saturated carbocycles. The van der Waals surface area contributed by atoms with Crippen molar-refractivity contribution < 1.29 is 18.7 Å². The normalized spacial score (nSPS) is 11.8. The molecule has 2 rings (SSSR count). The lowest BCUT2D eigenvalue weighted by Gasteiger charge is -2.07. The number of hydrogen-bond donors (Lipinski definition) is 1. The molecule has 124 valence electrons. The molecule has 0 spiro atoms. The molecule has 0 radical (unpaired) electrons. The van der Waals surface area contributed by atoms with Gasteiger partial charge in [0.15, 0.2) is 0 Å². The molecule has 1 amide bonds. The van der Waals surface area contributed by atoms with Crippen LogP contribution in [0.15, 0.2) is 27.8 Å². The Morgan fingerprint density at radius 1 is 1.26 bits per heavy atom. The Bertz CT molecular complexity index is 652. The summed E-state index contributed by atoms with van der Waals surface area (Å²) in [5.41, 5.74) is 0.686. The van der Waals surface area contributed by atoms with Crippen molar-refractivity contribution >= 4 is 17.7 Å². The van der Waals surface area contributed by atoms with Gasteiger partial charge in [-0.2, -0.15) is 0 Å². The molecule has 0 aliphatic rings. The van der Waals surface area contributed by atoms with Gasteiger partial charge in [0.2, 0.25) is 11.8 Å². The molecule has 1 N–H and O–H groups in total. The van der Waals surface area contributed by atoms with Crippen LogP contribution in [0.5, 0.6) is 11.5 Å². The molecule has 2 aromatic rings. The van der Waals surface area contributed by atoms with Gasteiger partial charge in [-0.15, -0.1) is 10.2 Å².